The first-order valence-corrected chi connectivity index (χ1v) is 18.6. The van der Waals surface area contributed by atoms with E-state index in [-0.39, 0.29) is 6.17 Å². The van der Waals surface area contributed by atoms with E-state index in [0.29, 0.717) is 0 Å². The van der Waals surface area contributed by atoms with Crippen molar-refractivity contribution in [3.05, 3.63) is 193 Å². The van der Waals surface area contributed by atoms with Crippen molar-refractivity contribution in [1.29, 1.82) is 0 Å². The molecule has 11 rings (SSSR count). The largest absolute Gasteiger partial charge is 0.360 e. The van der Waals surface area contributed by atoms with E-state index >= 15 is 0 Å². The van der Waals surface area contributed by atoms with E-state index in [1.807, 2.05) is 11.3 Å². The van der Waals surface area contributed by atoms with Crippen LogP contribution in [0, 0.1) is 0 Å². The summed E-state index contributed by atoms with van der Waals surface area (Å²) >= 11 is 1.84. The minimum absolute atomic E-state index is 0.242. The monoisotopic (exact) mass is 681 g/mol. The van der Waals surface area contributed by atoms with Crippen LogP contribution in [-0.2, 0) is 0 Å². The van der Waals surface area contributed by atoms with Crippen LogP contribution in [-0.4, -0.2) is 10.3 Å². The van der Waals surface area contributed by atoms with E-state index in [9.17, 15) is 0 Å². The van der Waals surface area contributed by atoms with Gasteiger partial charge in [-0.05, 0) is 75.1 Å². The molecular weight excluding hydrogens is 651 g/mol. The Morgan fingerprint density at radius 1 is 0.500 bits per heavy atom. The van der Waals surface area contributed by atoms with E-state index in [1.54, 1.807) is 0 Å². The summed E-state index contributed by atoms with van der Waals surface area (Å²) in [6.07, 6.45) is 1.95. The zero-order valence-electron chi connectivity index (χ0n) is 28.1. The number of nitrogens with one attached hydrogen (secondary N) is 1. The average Bonchev–Trinajstić information content (AvgIpc) is 3.77. The number of nitrogens with zero attached hydrogens (tertiary/aromatic N) is 2. The molecular formula is C48H31N3S. The van der Waals surface area contributed by atoms with Gasteiger partial charge in [0.05, 0.1) is 16.7 Å². The van der Waals surface area contributed by atoms with Gasteiger partial charge in [-0.1, -0.05) is 133 Å². The molecule has 52 heavy (non-hydrogen) atoms. The Morgan fingerprint density at radius 2 is 1.12 bits per heavy atom. The van der Waals surface area contributed by atoms with Gasteiger partial charge in [0.25, 0.3) is 0 Å². The van der Waals surface area contributed by atoms with E-state index in [2.05, 4.69) is 186 Å². The fraction of sp³-hybridized carbons (Fsp3) is 0.0208. The highest BCUT2D eigenvalue weighted by molar-refractivity contribution is 7.25. The van der Waals surface area contributed by atoms with E-state index in [0.717, 1.165) is 33.8 Å². The summed E-state index contributed by atoms with van der Waals surface area (Å²) in [5, 5.41) is 14.0. The molecule has 10 aromatic rings. The molecule has 1 N–H and O–H groups in total. The molecule has 0 radical (unpaired) electrons. The summed E-state index contributed by atoms with van der Waals surface area (Å²) in [7, 11) is 0. The Bertz CT molecular complexity index is 3000. The quantitative estimate of drug-likeness (QED) is 0.197. The number of aromatic nitrogens is 1. The van der Waals surface area contributed by atoms with Crippen LogP contribution in [0.1, 0.15) is 22.9 Å². The summed E-state index contributed by atoms with van der Waals surface area (Å²) in [6.45, 7) is 0. The van der Waals surface area contributed by atoms with Crippen molar-refractivity contribution in [2.75, 3.05) is 0 Å². The Labute approximate surface area is 304 Å². The van der Waals surface area contributed by atoms with E-state index in [4.69, 9.17) is 4.99 Å². The highest BCUT2D eigenvalue weighted by Gasteiger charge is 2.22. The highest BCUT2D eigenvalue weighted by Crippen LogP contribution is 2.41. The Kier molecular flexibility index (Phi) is 6.48. The minimum Gasteiger partial charge on any atom is -0.360 e. The SMILES string of the molecule is C1=C(c2ccccc2)NC(c2ccc(-n3c4ccc5ccccc5c4c4c5ccccc5ccc43)cc2)N=C1c1ccc2c(c1)sc1ccccc12. The molecule has 4 heteroatoms. The maximum Gasteiger partial charge on any atom is 0.145 e. The van der Waals surface area contributed by atoms with Gasteiger partial charge in [0.15, 0.2) is 0 Å². The summed E-state index contributed by atoms with van der Waals surface area (Å²) < 4.78 is 5.01. The number of hydrogen-bond acceptors (Lipinski definition) is 3. The third kappa shape index (κ3) is 4.55. The third-order valence-electron chi connectivity index (χ3n) is 10.6. The fourth-order valence-electron chi connectivity index (χ4n) is 8.15. The van der Waals surface area contributed by atoms with Gasteiger partial charge in [-0.25, -0.2) is 0 Å². The summed E-state index contributed by atoms with van der Waals surface area (Å²) in [6, 6.07) is 61.5. The smallest absolute Gasteiger partial charge is 0.145 e. The fourth-order valence-corrected chi connectivity index (χ4v) is 9.30. The lowest BCUT2D eigenvalue weighted by Crippen LogP contribution is -2.24. The molecule has 3 nitrogen and oxygen atoms in total. The molecule has 0 bridgehead atoms. The standard InChI is InChI=1S/C48H31N3S/c1-2-12-32(13-3-1)40-29-41(34-20-25-39-38-16-8-9-17-44(38)52-45(39)28-34)50-48(49-40)33-18-23-35(24-19-33)51-42-26-21-30-10-4-6-14-36(30)46(42)47-37-15-7-5-11-31(37)22-27-43(47)51/h1-29,48-49H. The van der Waals surface area contributed by atoms with Gasteiger partial charge in [-0.15, -0.1) is 11.3 Å². The van der Waals surface area contributed by atoms with E-state index in [1.165, 1.54) is 63.5 Å². The van der Waals surface area contributed by atoms with Crippen LogP contribution in [0.5, 0.6) is 0 Å². The second-order valence-electron chi connectivity index (χ2n) is 13.6. The molecule has 2 aromatic heterocycles. The van der Waals surface area contributed by atoms with Gasteiger partial charge in [0, 0.05) is 47.9 Å². The maximum absolute atomic E-state index is 5.35. The highest BCUT2D eigenvalue weighted by atomic mass is 32.1. The molecule has 0 spiro atoms. The van der Waals surface area contributed by atoms with Gasteiger partial charge in [-0.2, -0.15) is 0 Å². The van der Waals surface area contributed by atoms with Crippen LogP contribution in [0.15, 0.2) is 181 Å². The van der Waals surface area contributed by atoms with E-state index < -0.39 is 0 Å². The summed E-state index contributed by atoms with van der Waals surface area (Å²) in [5.74, 6) is 0. The van der Waals surface area contributed by atoms with Gasteiger partial charge in [-0.3, -0.25) is 4.99 Å². The third-order valence-corrected chi connectivity index (χ3v) is 11.7. The van der Waals surface area contributed by atoms with Gasteiger partial charge in [0.2, 0.25) is 0 Å². The average molecular weight is 682 g/mol. The van der Waals surface area contributed by atoms with Crippen molar-refractivity contribution in [3.8, 4) is 5.69 Å². The molecule has 0 saturated heterocycles. The zero-order chi connectivity index (χ0) is 34.2. The second kappa shape index (κ2) is 11.5. The van der Waals surface area contributed by atoms with Crippen LogP contribution in [0.3, 0.4) is 0 Å². The number of thiophene rings is 1. The first-order valence-electron chi connectivity index (χ1n) is 17.7. The topological polar surface area (TPSA) is 29.3 Å². The van der Waals surface area contributed by atoms with Gasteiger partial charge < -0.3 is 9.88 Å². The van der Waals surface area contributed by atoms with Gasteiger partial charge >= 0.3 is 0 Å². The first kappa shape index (κ1) is 29.3. The molecule has 0 aliphatic carbocycles. The lowest BCUT2D eigenvalue weighted by atomic mass is 10.00. The van der Waals surface area contributed by atoms with Crippen molar-refractivity contribution < 1.29 is 0 Å². The summed E-state index contributed by atoms with van der Waals surface area (Å²) in [5.41, 5.74) is 8.97. The minimum atomic E-state index is -0.242. The number of fused-ring (bicyclic) bond motifs is 10. The van der Waals surface area contributed by atoms with Crippen molar-refractivity contribution in [2.45, 2.75) is 6.17 Å². The molecule has 1 atom stereocenters. The lowest BCUT2D eigenvalue weighted by molar-refractivity contribution is 0.664. The first-order chi connectivity index (χ1) is 25.8. The molecule has 3 heterocycles. The van der Waals surface area contributed by atoms with Crippen LogP contribution < -0.4 is 5.32 Å². The predicted octanol–water partition coefficient (Wildman–Crippen LogP) is 12.6. The molecule has 1 aliphatic heterocycles. The molecule has 0 fully saturated rings. The molecule has 244 valence electrons. The summed E-state index contributed by atoms with van der Waals surface area (Å²) in [4.78, 5) is 5.35. The number of rotatable bonds is 4. The van der Waals surface area contributed by atoms with Crippen molar-refractivity contribution in [1.82, 2.24) is 9.88 Å². The number of aliphatic imine (C=N–C) groups is 1. The molecule has 0 amide bonds. The number of benzene rings is 8. The van der Waals surface area contributed by atoms with Crippen LogP contribution in [0.25, 0.3) is 74.9 Å². The Morgan fingerprint density at radius 3 is 1.83 bits per heavy atom. The lowest BCUT2D eigenvalue weighted by Gasteiger charge is -2.25. The second-order valence-corrected chi connectivity index (χ2v) is 14.7. The van der Waals surface area contributed by atoms with Crippen LogP contribution in [0.2, 0.25) is 0 Å². The maximum atomic E-state index is 5.35. The molecule has 0 saturated carbocycles. The molecule has 8 aromatic carbocycles. The van der Waals surface area contributed by atoms with Crippen molar-refractivity contribution >= 4 is 86.3 Å². The van der Waals surface area contributed by atoms with Crippen molar-refractivity contribution in [3.63, 3.8) is 0 Å². The Hall–Kier alpha value is -6.49. The van der Waals surface area contributed by atoms with Gasteiger partial charge in [0.1, 0.15) is 6.17 Å². The molecule has 1 aliphatic rings. The normalized spacial score (nSPS) is 14.7. The number of hydrogen-bond donors (Lipinski definition) is 1. The van der Waals surface area contributed by atoms with Crippen molar-refractivity contribution in [2.24, 2.45) is 4.99 Å². The molecule has 1 unspecified atom stereocenters. The number of allylic oxidation sites excluding steroid dienone is 1. The Balaban J connectivity index is 1.05. The zero-order valence-corrected chi connectivity index (χ0v) is 28.9. The van der Waals surface area contributed by atoms with Crippen LogP contribution in [0.4, 0.5) is 0 Å². The predicted molar refractivity (Wildman–Crippen MR) is 222 cm³/mol. The van der Waals surface area contributed by atoms with Crippen LogP contribution >= 0.6 is 11.3 Å².